The molecule has 0 saturated carbocycles. The average molecular weight is 392 g/mol. The van der Waals surface area contributed by atoms with Gasteiger partial charge in [-0.3, -0.25) is 4.40 Å². The normalized spacial score (nSPS) is 11.0. The Morgan fingerprint density at radius 1 is 1.21 bits per heavy atom. The molecule has 0 saturated heterocycles. The Bertz CT molecular complexity index is 1220. The summed E-state index contributed by atoms with van der Waals surface area (Å²) in [5.74, 6) is 0.698. The Hall–Kier alpha value is -3.88. The molecule has 9 nitrogen and oxygen atoms in total. The maximum Gasteiger partial charge on any atom is 0.350 e. The molecular weight excluding hydrogens is 372 g/mol. The van der Waals surface area contributed by atoms with Gasteiger partial charge >= 0.3 is 11.7 Å². The van der Waals surface area contributed by atoms with Crippen molar-refractivity contribution in [2.24, 2.45) is 0 Å². The summed E-state index contributed by atoms with van der Waals surface area (Å²) in [5, 5.41) is 11.1. The molecule has 1 aromatic carbocycles. The molecule has 0 aliphatic rings. The number of hydrogen-bond acceptors (Lipinski definition) is 5. The second-order valence-corrected chi connectivity index (χ2v) is 6.78. The number of aryl methyl sites for hydroxylation is 1. The van der Waals surface area contributed by atoms with E-state index in [1.165, 1.54) is 14.0 Å². The Balaban J connectivity index is 1.46. The molecule has 4 aromatic rings. The summed E-state index contributed by atoms with van der Waals surface area (Å²) < 4.78 is 7.91. The van der Waals surface area contributed by atoms with Gasteiger partial charge in [0.1, 0.15) is 11.5 Å². The molecule has 1 N–H and O–H groups in total. The fraction of sp³-hybridized carbons (Fsp3) is 0.200. The first-order valence-corrected chi connectivity index (χ1v) is 9.07. The van der Waals surface area contributed by atoms with E-state index in [1.54, 1.807) is 44.4 Å². The van der Waals surface area contributed by atoms with Crippen molar-refractivity contribution in [3.63, 3.8) is 0 Å². The van der Waals surface area contributed by atoms with E-state index in [4.69, 9.17) is 4.52 Å². The van der Waals surface area contributed by atoms with Gasteiger partial charge < -0.3 is 14.7 Å². The van der Waals surface area contributed by atoms with Crippen molar-refractivity contribution in [1.29, 1.82) is 0 Å². The lowest BCUT2D eigenvalue weighted by atomic mass is 10.2. The molecule has 2 amide bonds. The summed E-state index contributed by atoms with van der Waals surface area (Å²) in [6.45, 7) is 2.44. The molecule has 9 heteroatoms. The lowest BCUT2D eigenvalue weighted by molar-refractivity contribution is 0.219. The molecule has 0 aliphatic carbocycles. The Morgan fingerprint density at radius 3 is 2.83 bits per heavy atom. The van der Waals surface area contributed by atoms with Crippen LogP contribution in [-0.4, -0.2) is 37.3 Å². The van der Waals surface area contributed by atoms with E-state index in [0.29, 0.717) is 35.9 Å². The molecule has 29 heavy (non-hydrogen) atoms. The summed E-state index contributed by atoms with van der Waals surface area (Å²) in [7, 11) is 1.68. The molecule has 0 atom stereocenters. The molecule has 0 spiro atoms. The monoisotopic (exact) mass is 392 g/mol. The number of carbonyl (C=O) groups is 1. The minimum atomic E-state index is -0.271. The maximum absolute atomic E-state index is 12.5. The van der Waals surface area contributed by atoms with Crippen LogP contribution in [0.5, 0.6) is 0 Å². The summed E-state index contributed by atoms with van der Waals surface area (Å²) in [6.07, 6.45) is 1.68. The van der Waals surface area contributed by atoms with Crippen molar-refractivity contribution < 1.29 is 9.32 Å². The number of urea groups is 1. The molecule has 3 heterocycles. The van der Waals surface area contributed by atoms with E-state index in [0.717, 1.165) is 5.56 Å². The standard InChI is InChI=1S/C20H20N6O3/c1-14-10-17(23-29-14)13-24(2)19(27)21-16-7-5-6-15(11-16)12-26-20(28)25-9-4-3-8-18(25)22-26/h3-11H,12-13H2,1-2H3,(H,21,27). The third-order valence-corrected chi connectivity index (χ3v) is 4.42. The van der Waals surface area contributed by atoms with E-state index < -0.39 is 0 Å². The Labute approximate surface area is 166 Å². The second-order valence-electron chi connectivity index (χ2n) is 6.78. The van der Waals surface area contributed by atoms with Gasteiger partial charge in [0.05, 0.1) is 13.1 Å². The zero-order valence-electron chi connectivity index (χ0n) is 16.1. The van der Waals surface area contributed by atoms with Crippen LogP contribution in [0.15, 0.2) is 64.0 Å². The second kappa shape index (κ2) is 7.63. The summed E-state index contributed by atoms with van der Waals surface area (Å²) >= 11 is 0. The molecule has 0 aliphatic heterocycles. The van der Waals surface area contributed by atoms with Crippen LogP contribution in [0.1, 0.15) is 17.0 Å². The van der Waals surface area contributed by atoms with Crippen LogP contribution in [0.25, 0.3) is 5.65 Å². The highest BCUT2D eigenvalue weighted by Crippen LogP contribution is 2.13. The van der Waals surface area contributed by atoms with Crippen LogP contribution >= 0.6 is 0 Å². The topological polar surface area (TPSA) is 97.7 Å². The maximum atomic E-state index is 12.5. The van der Waals surface area contributed by atoms with Gasteiger partial charge in [0.25, 0.3) is 0 Å². The molecule has 0 fully saturated rings. The zero-order valence-corrected chi connectivity index (χ0v) is 16.1. The van der Waals surface area contributed by atoms with E-state index >= 15 is 0 Å². The SMILES string of the molecule is Cc1cc(CN(C)C(=O)Nc2cccc(Cn3nc4ccccn4c3=O)c2)no1. The van der Waals surface area contributed by atoms with Crippen molar-refractivity contribution in [2.75, 3.05) is 12.4 Å². The lowest BCUT2D eigenvalue weighted by Crippen LogP contribution is -2.31. The van der Waals surface area contributed by atoms with Crippen LogP contribution in [-0.2, 0) is 13.1 Å². The zero-order chi connectivity index (χ0) is 20.4. The number of nitrogens with one attached hydrogen (secondary N) is 1. The lowest BCUT2D eigenvalue weighted by Gasteiger charge is -2.17. The van der Waals surface area contributed by atoms with Gasteiger partial charge in [-0.2, -0.15) is 0 Å². The van der Waals surface area contributed by atoms with Crippen LogP contribution in [0.2, 0.25) is 0 Å². The summed E-state index contributed by atoms with van der Waals surface area (Å²) in [6, 6.07) is 14.2. The molecule has 0 unspecified atom stereocenters. The Kier molecular flexibility index (Phi) is 4.86. The highest BCUT2D eigenvalue weighted by atomic mass is 16.5. The van der Waals surface area contributed by atoms with Gasteiger partial charge in [0.15, 0.2) is 5.65 Å². The molecule has 0 bridgehead atoms. The number of hydrogen-bond donors (Lipinski definition) is 1. The minimum absolute atomic E-state index is 0.210. The quantitative estimate of drug-likeness (QED) is 0.563. The van der Waals surface area contributed by atoms with E-state index in [9.17, 15) is 9.59 Å². The van der Waals surface area contributed by atoms with Crippen LogP contribution in [0.4, 0.5) is 10.5 Å². The summed E-state index contributed by atoms with van der Waals surface area (Å²) in [4.78, 5) is 26.4. The number of aromatic nitrogens is 4. The smallest absolute Gasteiger partial charge is 0.350 e. The summed E-state index contributed by atoms with van der Waals surface area (Å²) in [5.41, 5.74) is 2.54. The van der Waals surface area contributed by atoms with Gasteiger partial charge in [0.2, 0.25) is 0 Å². The van der Waals surface area contributed by atoms with Crippen LogP contribution < -0.4 is 11.0 Å². The number of nitrogens with zero attached hydrogens (tertiary/aromatic N) is 5. The van der Waals surface area contributed by atoms with Crippen molar-refractivity contribution in [1.82, 2.24) is 24.2 Å². The molecule has 4 rings (SSSR count). The number of amides is 2. The number of benzene rings is 1. The number of pyridine rings is 1. The minimum Gasteiger partial charge on any atom is -0.361 e. The largest absolute Gasteiger partial charge is 0.361 e. The third kappa shape index (κ3) is 4.03. The van der Waals surface area contributed by atoms with Crippen molar-refractivity contribution >= 4 is 17.4 Å². The molecule has 3 aromatic heterocycles. The van der Waals surface area contributed by atoms with E-state index in [2.05, 4.69) is 15.6 Å². The van der Waals surface area contributed by atoms with Crippen LogP contribution in [0, 0.1) is 6.92 Å². The van der Waals surface area contributed by atoms with Crippen molar-refractivity contribution in [3.8, 4) is 0 Å². The third-order valence-electron chi connectivity index (χ3n) is 4.42. The average Bonchev–Trinajstić information content (AvgIpc) is 3.25. The first kappa shape index (κ1) is 18.5. The number of anilines is 1. The van der Waals surface area contributed by atoms with E-state index in [-0.39, 0.29) is 11.7 Å². The van der Waals surface area contributed by atoms with Crippen molar-refractivity contribution in [3.05, 3.63) is 82.2 Å². The van der Waals surface area contributed by atoms with Gasteiger partial charge in [0, 0.05) is 25.0 Å². The highest BCUT2D eigenvalue weighted by molar-refractivity contribution is 5.89. The fourth-order valence-electron chi connectivity index (χ4n) is 3.02. The molecule has 0 radical (unpaired) electrons. The first-order chi connectivity index (χ1) is 14.0. The van der Waals surface area contributed by atoms with Gasteiger partial charge in [-0.25, -0.2) is 14.3 Å². The van der Waals surface area contributed by atoms with Crippen LogP contribution in [0.3, 0.4) is 0 Å². The molecular formula is C20H20N6O3. The molecule has 148 valence electrons. The van der Waals surface area contributed by atoms with Gasteiger partial charge in [-0.05, 0) is 36.8 Å². The Morgan fingerprint density at radius 2 is 2.07 bits per heavy atom. The predicted octanol–water partition coefficient (Wildman–Crippen LogP) is 2.50. The van der Waals surface area contributed by atoms with Gasteiger partial charge in [-0.1, -0.05) is 23.4 Å². The number of carbonyl (C=O) groups excluding carboxylic acids is 1. The highest BCUT2D eigenvalue weighted by Gasteiger charge is 2.12. The van der Waals surface area contributed by atoms with Gasteiger partial charge in [-0.15, -0.1) is 5.10 Å². The fourth-order valence-corrected chi connectivity index (χ4v) is 3.02. The van der Waals surface area contributed by atoms with Crippen molar-refractivity contribution in [2.45, 2.75) is 20.0 Å². The number of fused-ring (bicyclic) bond motifs is 1. The first-order valence-electron chi connectivity index (χ1n) is 9.07. The predicted molar refractivity (Wildman–Crippen MR) is 107 cm³/mol. The van der Waals surface area contributed by atoms with E-state index in [1.807, 2.05) is 24.3 Å². The number of rotatable bonds is 5.